The Morgan fingerprint density at radius 2 is 1.03 bits per heavy atom. The molecule has 2 unspecified atom stereocenters. The normalized spacial score (nSPS) is 11.0. The van der Waals surface area contributed by atoms with Crippen LogP contribution in [0.15, 0.2) is 0 Å². The molecule has 0 aromatic heterocycles. The molecule has 0 rings (SSSR count). The Morgan fingerprint density at radius 1 is 0.758 bits per heavy atom. The molecule has 0 heterocycles. The van der Waals surface area contributed by atoms with Crippen molar-refractivity contribution in [2.24, 2.45) is 0 Å². The summed E-state index contributed by atoms with van der Waals surface area (Å²) in [6.07, 6.45) is 6.97. The minimum Gasteiger partial charge on any atom is -0.466 e. The molecule has 8 radical (unpaired) electrons. The van der Waals surface area contributed by atoms with E-state index in [9.17, 15) is 9.59 Å². The summed E-state index contributed by atoms with van der Waals surface area (Å²) < 4.78 is 19.7. The molecule has 0 fully saturated rings. The van der Waals surface area contributed by atoms with Crippen molar-refractivity contribution in [1.29, 1.82) is 0 Å². The van der Waals surface area contributed by atoms with Crippen molar-refractivity contribution < 1.29 is 28.5 Å². The molecule has 0 amide bonds. The SMILES string of the molecule is COC(C)CCOC(=O)CC[S].COC(C)CCOC(=O)CC[S].[CH2]CCC.[CH2]CCC.[Sn]. The van der Waals surface area contributed by atoms with Crippen molar-refractivity contribution in [3.63, 3.8) is 0 Å². The molecule has 0 spiro atoms. The molecular formula is C24H48O6S2Sn. The minimum absolute atomic E-state index is 0. The molecule has 0 aromatic carbocycles. The van der Waals surface area contributed by atoms with E-state index in [0.717, 1.165) is 25.7 Å². The second kappa shape index (κ2) is 39.6. The number of carbonyl (C=O) groups excluding carboxylic acids is 2. The van der Waals surface area contributed by atoms with Gasteiger partial charge in [0, 0.05) is 62.5 Å². The Morgan fingerprint density at radius 3 is 1.21 bits per heavy atom. The van der Waals surface area contributed by atoms with Crippen LogP contribution in [0.3, 0.4) is 0 Å². The third kappa shape index (κ3) is 50.3. The number of ether oxygens (including phenoxy) is 4. The van der Waals surface area contributed by atoms with E-state index in [0.29, 0.717) is 37.6 Å². The van der Waals surface area contributed by atoms with Gasteiger partial charge in [0.2, 0.25) is 0 Å². The predicted octanol–water partition coefficient (Wildman–Crippen LogP) is 5.94. The largest absolute Gasteiger partial charge is 0.466 e. The van der Waals surface area contributed by atoms with E-state index in [1.807, 2.05) is 13.8 Å². The van der Waals surface area contributed by atoms with E-state index in [1.54, 1.807) is 14.2 Å². The van der Waals surface area contributed by atoms with E-state index < -0.39 is 0 Å². The van der Waals surface area contributed by atoms with Crippen LogP contribution in [0.25, 0.3) is 0 Å². The first kappa shape index (κ1) is 43.4. The maximum Gasteiger partial charge on any atom is 0.306 e. The van der Waals surface area contributed by atoms with E-state index in [4.69, 9.17) is 18.9 Å². The molecule has 9 heteroatoms. The summed E-state index contributed by atoms with van der Waals surface area (Å²) in [4.78, 5) is 21.6. The van der Waals surface area contributed by atoms with Gasteiger partial charge in [-0.15, -0.1) is 0 Å². The summed E-state index contributed by atoms with van der Waals surface area (Å²) in [6, 6.07) is 0. The molecule has 0 saturated heterocycles. The van der Waals surface area contributed by atoms with Crippen molar-refractivity contribution in [3.05, 3.63) is 13.8 Å². The standard InChI is InChI=1S/2C8H15O3S.2C4H9.Sn/c2*1-7(10-2)3-5-11-8(9)4-6-12;2*1-3-4-2;/h2*7H,3-6H2,1-2H3;2*1,3-4H2,2H3;. The third-order valence-electron chi connectivity index (χ3n) is 3.70. The van der Waals surface area contributed by atoms with Gasteiger partial charge in [0.25, 0.3) is 0 Å². The number of carbonyl (C=O) groups is 2. The zero-order chi connectivity index (χ0) is 25.6. The zero-order valence-corrected chi connectivity index (χ0v) is 26.3. The van der Waals surface area contributed by atoms with Crippen molar-refractivity contribution >= 4 is 61.1 Å². The predicted molar refractivity (Wildman–Crippen MR) is 145 cm³/mol. The summed E-state index contributed by atoms with van der Waals surface area (Å²) in [5.41, 5.74) is 0. The van der Waals surface area contributed by atoms with Crippen LogP contribution in [0.1, 0.15) is 79.1 Å². The van der Waals surface area contributed by atoms with Crippen LogP contribution >= 0.6 is 25.3 Å². The molecular weight excluding hydrogens is 567 g/mol. The summed E-state index contributed by atoms with van der Waals surface area (Å²) >= 11 is 9.26. The first-order chi connectivity index (χ1) is 15.2. The number of esters is 2. The smallest absolute Gasteiger partial charge is 0.306 e. The zero-order valence-electron chi connectivity index (χ0n) is 21.8. The molecule has 0 bridgehead atoms. The van der Waals surface area contributed by atoms with Gasteiger partial charge >= 0.3 is 11.9 Å². The van der Waals surface area contributed by atoms with Gasteiger partial charge in [0.15, 0.2) is 0 Å². The molecule has 6 nitrogen and oxygen atoms in total. The van der Waals surface area contributed by atoms with Gasteiger partial charge in [0.05, 0.1) is 38.3 Å². The third-order valence-corrected chi connectivity index (χ3v) is 4.11. The minimum atomic E-state index is -0.215. The first-order valence-electron chi connectivity index (χ1n) is 11.4. The van der Waals surface area contributed by atoms with Gasteiger partial charge in [-0.3, -0.25) is 9.59 Å². The Labute approximate surface area is 232 Å². The van der Waals surface area contributed by atoms with Gasteiger partial charge < -0.3 is 18.9 Å². The number of hydrogen-bond acceptors (Lipinski definition) is 6. The van der Waals surface area contributed by atoms with Crippen molar-refractivity contribution in [3.8, 4) is 0 Å². The molecule has 0 N–H and O–H groups in total. The van der Waals surface area contributed by atoms with Crippen LogP contribution in [0.2, 0.25) is 0 Å². The van der Waals surface area contributed by atoms with Crippen LogP contribution in [0.4, 0.5) is 0 Å². The number of hydrogen-bond donors (Lipinski definition) is 0. The number of unbranched alkanes of at least 4 members (excludes halogenated alkanes) is 2. The summed E-state index contributed by atoms with van der Waals surface area (Å²) in [6.45, 7) is 16.1. The van der Waals surface area contributed by atoms with Crippen LogP contribution < -0.4 is 0 Å². The quantitative estimate of drug-likeness (QED) is 0.178. The molecule has 0 aromatic rings. The topological polar surface area (TPSA) is 71.1 Å². The Bertz CT molecular complexity index is 339. The number of methoxy groups -OCH3 is 2. The van der Waals surface area contributed by atoms with Crippen LogP contribution in [0, 0.1) is 13.8 Å². The average Bonchev–Trinajstić information content (AvgIpc) is 2.79. The summed E-state index contributed by atoms with van der Waals surface area (Å²) in [7, 11) is 3.27. The van der Waals surface area contributed by atoms with Crippen LogP contribution in [-0.2, 0) is 28.5 Å². The Balaban J connectivity index is -0.000000117. The number of rotatable bonds is 14. The fourth-order valence-electron chi connectivity index (χ4n) is 1.22. The molecule has 0 aliphatic rings. The van der Waals surface area contributed by atoms with Crippen molar-refractivity contribution in [2.75, 3.05) is 38.9 Å². The van der Waals surface area contributed by atoms with Gasteiger partial charge in [-0.1, -0.05) is 78.6 Å². The van der Waals surface area contributed by atoms with E-state index >= 15 is 0 Å². The van der Waals surface area contributed by atoms with E-state index in [-0.39, 0.29) is 48.1 Å². The molecule has 196 valence electrons. The average molecular weight is 615 g/mol. The van der Waals surface area contributed by atoms with Gasteiger partial charge in [-0.25, -0.2) is 0 Å². The van der Waals surface area contributed by atoms with Gasteiger partial charge in [-0.2, -0.15) is 0 Å². The Kier molecular flexibility index (Phi) is 52.1. The molecule has 2 atom stereocenters. The van der Waals surface area contributed by atoms with Crippen LogP contribution in [-0.4, -0.2) is 87.0 Å². The van der Waals surface area contributed by atoms with Crippen molar-refractivity contribution in [2.45, 2.75) is 91.3 Å². The molecule has 0 aliphatic carbocycles. The van der Waals surface area contributed by atoms with Gasteiger partial charge in [-0.05, 0) is 13.8 Å². The fraction of sp³-hybridized carbons (Fsp3) is 0.833. The summed E-state index contributed by atoms with van der Waals surface area (Å²) in [5.74, 6) is 0.429. The maximum absolute atomic E-state index is 10.8. The summed E-state index contributed by atoms with van der Waals surface area (Å²) in [5, 5.41) is 0. The maximum atomic E-state index is 10.8. The van der Waals surface area contributed by atoms with Crippen LogP contribution in [0.5, 0.6) is 0 Å². The second-order valence-electron chi connectivity index (χ2n) is 6.73. The molecule has 0 saturated carbocycles. The van der Waals surface area contributed by atoms with Gasteiger partial charge in [0.1, 0.15) is 0 Å². The molecule has 33 heavy (non-hydrogen) atoms. The first-order valence-corrected chi connectivity index (χ1v) is 12.5. The van der Waals surface area contributed by atoms with Crippen molar-refractivity contribution in [1.82, 2.24) is 0 Å². The van der Waals surface area contributed by atoms with E-state index in [2.05, 4.69) is 53.0 Å². The Hall–Kier alpha value is 0.359. The second-order valence-corrected chi connectivity index (χ2v) is 7.54. The molecule has 0 aliphatic heterocycles. The van der Waals surface area contributed by atoms with E-state index in [1.165, 1.54) is 12.8 Å². The monoisotopic (exact) mass is 616 g/mol. The fourth-order valence-corrected chi connectivity index (χ4v) is 1.56.